The monoisotopic (exact) mass is 269 g/mol. The largest absolute Gasteiger partial charge is 0.414 e. The first-order valence-electron chi connectivity index (χ1n) is 6.12. The molecule has 1 aromatic carbocycles. The van der Waals surface area contributed by atoms with Crippen molar-refractivity contribution in [1.82, 2.24) is 4.90 Å². The number of alkyl halides is 3. The molecule has 0 spiro atoms. The summed E-state index contributed by atoms with van der Waals surface area (Å²) in [5.41, 5.74) is -0.226. The van der Waals surface area contributed by atoms with Gasteiger partial charge in [0.1, 0.15) is 0 Å². The topological polar surface area (TPSA) is 20.3 Å². The van der Waals surface area contributed by atoms with Crippen LogP contribution in [0.4, 0.5) is 13.2 Å². The number of rotatable bonds is 1. The molecule has 0 saturated carbocycles. The van der Waals surface area contributed by atoms with Crippen LogP contribution in [0, 0.1) is 0 Å². The van der Waals surface area contributed by atoms with E-state index < -0.39 is 11.7 Å². The number of amides is 1. The molecule has 0 saturated heterocycles. The highest BCUT2D eigenvalue weighted by Gasteiger charge is 2.35. The fraction of sp³-hybridized carbons (Fsp3) is 0.357. The summed E-state index contributed by atoms with van der Waals surface area (Å²) in [6.45, 7) is 0.327. The standard InChI is InChI=1S/C14H14F3NO/c15-14(16,17)12-8-4-5-9-18(10-12)13(19)11-6-2-1-3-7-11/h1-3,6-7,10H,4-5,8-9H2. The predicted molar refractivity (Wildman–Crippen MR) is 65.5 cm³/mol. The van der Waals surface area contributed by atoms with E-state index in [1.54, 1.807) is 30.3 Å². The summed E-state index contributed by atoms with van der Waals surface area (Å²) in [4.78, 5) is 13.3. The number of nitrogens with zero attached hydrogens (tertiary/aromatic N) is 1. The molecular weight excluding hydrogens is 255 g/mol. The Hall–Kier alpha value is -1.78. The van der Waals surface area contributed by atoms with Crippen molar-refractivity contribution in [2.24, 2.45) is 0 Å². The van der Waals surface area contributed by atoms with E-state index in [-0.39, 0.29) is 12.3 Å². The molecule has 102 valence electrons. The van der Waals surface area contributed by atoms with Gasteiger partial charge in [0.15, 0.2) is 0 Å². The zero-order valence-electron chi connectivity index (χ0n) is 10.3. The summed E-state index contributed by atoms with van der Waals surface area (Å²) in [6.07, 6.45) is -2.40. The molecule has 19 heavy (non-hydrogen) atoms. The van der Waals surface area contributed by atoms with E-state index in [1.165, 1.54) is 4.90 Å². The van der Waals surface area contributed by atoms with Gasteiger partial charge in [0.05, 0.1) is 0 Å². The Kier molecular flexibility index (Phi) is 3.93. The Morgan fingerprint density at radius 3 is 2.42 bits per heavy atom. The SMILES string of the molecule is O=C(c1ccccc1)N1C=C(C(F)(F)F)CCCC1. The molecule has 1 aliphatic rings. The Bertz CT molecular complexity index is 479. The fourth-order valence-electron chi connectivity index (χ4n) is 2.04. The molecule has 2 nitrogen and oxygen atoms in total. The lowest BCUT2D eigenvalue weighted by Crippen LogP contribution is -2.27. The summed E-state index contributed by atoms with van der Waals surface area (Å²) in [5.74, 6) is -0.385. The van der Waals surface area contributed by atoms with Crippen molar-refractivity contribution >= 4 is 5.91 Å². The maximum Gasteiger partial charge on any atom is 0.414 e. The van der Waals surface area contributed by atoms with Crippen LogP contribution in [0.1, 0.15) is 29.6 Å². The van der Waals surface area contributed by atoms with Gasteiger partial charge in [0.25, 0.3) is 5.91 Å². The third-order valence-corrected chi connectivity index (χ3v) is 3.05. The molecule has 2 rings (SSSR count). The molecule has 0 bridgehead atoms. The van der Waals surface area contributed by atoms with Crippen LogP contribution in [0.25, 0.3) is 0 Å². The van der Waals surface area contributed by atoms with E-state index in [9.17, 15) is 18.0 Å². The van der Waals surface area contributed by atoms with Crippen LogP contribution in [-0.2, 0) is 0 Å². The summed E-state index contributed by atoms with van der Waals surface area (Å²) in [6, 6.07) is 8.36. The number of benzene rings is 1. The number of carbonyl (C=O) groups is 1. The predicted octanol–water partition coefficient (Wildman–Crippen LogP) is 3.76. The average molecular weight is 269 g/mol. The molecule has 0 fully saturated rings. The van der Waals surface area contributed by atoms with Gasteiger partial charge in [-0.3, -0.25) is 4.79 Å². The van der Waals surface area contributed by atoms with Gasteiger partial charge >= 0.3 is 6.18 Å². The second kappa shape index (κ2) is 5.47. The van der Waals surface area contributed by atoms with Crippen molar-refractivity contribution in [1.29, 1.82) is 0 Å². The van der Waals surface area contributed by atoms with Crippen molar-refractivity contribution in [2.75, 3.05) is 6.54 Å². The first kappa shape index (κ1) is 13.6. The summed E-state index contributed by atoms with van der Waals surface area (Å²) < 4.78 is 38.3. The van der Waals surface area contributed by atoms with Gasteiger partial charge in [-0.15, -0.1) is 0 Å². The Morgan fingerprint density at radius 2 is 1.79 bits per heavy atom. The maximum absolute atomic E-state index is 12.8. The summed E-state index contributed by atoms with van der Waals surface area (Å²) >= 11 is 0. The Balaban J connectivity index is 2.25. The van der Waals surface area contributed by atoms with Gasteiger partial charge in [0.2, 0.25) is 0 Å². The highest BCUT2D eigenvalue weighted by Crippen LogP contribution is 2.31. The molecule has 0 radical (unpaired) electrons. The molecule has 0 atom stereocenters. The number of halogens is 3. The Morgan fingerprint density at radius 1 is 1.11 bits per heavy atom. The van der Waals surface area contributed by atoms with Gasteiger partial charge in [-0.1, -0.05) is 18.2 Å². The van der Waals surface area contributed by atoms with E-state index in [1.807, 2.05) is 0 Å². The van der Waals surface area contributed by atoms with Gasteiger partial charge in [0, 0.05) is 23.9 Å². The second-order valence-corrected chi connectivity index (χ2v) is 4.47. The van der Waals surface area contributed by atoms with Crippen LogP contribution in [0.5, 0.6) is 0 Å². The lowest BCUT2D eigenvalue weighted by Gasteiger charge is -2.18. The molecular formula is C14H14F3NO. The van der Waals surface area contributed by atoms with Crippen LogP contribution < -0.4 is 0 Å². The number of allylic oxidation sites excluding steroid dienone is 1. The van der Waals surface area contributed by atoms with Crippen LogP contribution in [0.15, 0.2) is 42.1 Å². The summed E-state index contributed by atoms with van der Waals surface area (Å²) in [7, 11) is 0. The highest BCUT2D eigenvalue weighted by molar-refractivity contribution is 5.94. The normalized spacial score (nSPS) is 16.8. The minimum absolute atomic E-state index is 0.0257. The van der Waals surface area contributed by atoms with E-state index in [2.05, 4.69) is 0 Å². The quantitative estimate of drug-likeness (QED) is 0.760. The molecule has 5 heteroatoms. The molecule has 1 heterocycles. The van der Waals surface area contributed by atoms with Crippen LogP contribution in [0.2, 0.25) is 0 Å². The van der Waals surface area contributed by atoms with E-state index in [0.717, 1.165) is 6.20 Å². The second-order valence-electron chi connectivity index (χ2n) is 4.47. The maximum atomic E-state index is 12.8. The minimum atomic E-state index is -4.36. The third kappa shape index (κ3) is 3.36. The van der Waals surface area contributed by atoms with Crippen LogP contribution in [0.3, 0.4) is 0 Å². The molecule has 1 amide bonds. The van der Waals surface area contributed by atoms with Crippen molar-refractivity contribution in [3.05, 3.63) is 47.7 Å². The Labute approximate surface area is 109 Å². The molecule has 0 aromatic heterocycles. The molecule has 1 aromatic rings. The fourth-order valence-corrected chi connectivity index (χ4v) is 2.04. The minimum Gasteiger partial charge on any atom is -0.315 e. The average Bonchev–Trinajstić information content (AvgIpc) is 2.64. The number of hydrogen-bond donors (Lipinski definition) is 0. The van der Waals surface area contributed by atoms with E-state index in [4.69, 9.17) is 0 Å². The van der Waals surface area contributed by atoms with Gasteiger partial charge in [-0.25, -0.2) is 0 Å². The third-order valence-electron chi connectivity index (χ3n) is 3.05. The molecule has 0 aliphatic carbocycles. The van der Waals surface area contributed by atoms with E-state index >= 15 is 0 Å². The van der Waals surface area contributed by atoms with Gasteiger partial charge < -0.3 is 4.90 Å². The number of carbonyl (C=O) groups excluding carboxylic acids is 1. The van der Waals surface area contributed by atoms with Crippen LogP contribution in [-0.4, -0.2) is 23.5 Å². The molecule has 1 aliphatic heterocycles. The van der Waals surface area contributed by atoms with Gasteiger partial charge in [-0.05, 0) is 31.4 Å². The highest BCUT2D eigenvalue weighted by atomic mass is 19.4. The first-order valence-corrected chi connectivity index (χ1v) is 6.12. The molecule has 0 unspecified atom stereocenters. The van der Waals surface area contributed by atoms with E-state index in [0.29, 0.717) is 24.9 Å². The summed E-state index contributed by atoms with van der Waals surface area (Å²) in [5, 5.41) is 0. The zero-order chi connectivity index (χ0) is 13.9. The number of hydrogen-bond acceptors (Lipinski definition) is 1. The first-order chi connectivity index (χ1) is 8.98. The molecule has 0 N–H and O–H groups in total. The van der Waals surface area contributed by atoms with Gasteiger partial charge in [-0.2, -0.15) is 13.2 Å². The zero-order valence-corrected chi connectivity index (χ0v) is 10.3. The van der Waals surface area contributed by atoms with Crippen molar-refractivity contribution < 1.29 is 18.0 Å². The lowest BCUT2D eigenvalue weighted by atomic mass is 10.1. The smallest absolute Gasteiger partial charge is 0.315 e. The van der Waals surface area contributed by atoms with Crippen molar-refractivity contribution in [2.45, 2.75) is 25.4 Å². The van der Waals surface area contributed by atoms with Crippen molar-refractivity contribution in [3.8, 4) is 0 Å². The lowest BCUT2D eigenvalue weighted by molar-refractivity contribution is -0.0946. The van der Waals surface area contributed by atoms with Crippen LogP contribution >= 0.6 is 0 Å². The van der Waals surface area contributed by atoms with Crippen molar-refractivity contribution in [3.63, 3.8) is 0 Å².